The SMILES string of the molecule is CCCCC(CN)NS(=O)(=O)c1cccc2cnccc12.Cl. The van der Waals surface area contributed by atoms with Crippen LogP contribution in [0.5, 0.6) is 0 Å². The lowest BCUT2D eigenvalue weighted by Gasteiger charge is -2.17. The third kappa shape index (κ3) is 4.39. The molecule has 1 atom stereocenters. The number of pyridine rings is 1. The number of aromatic nitrogens is 1. The fourth-order valence-corrected chi connectivity index (χ4v) is 3.80. The van der Waals surface area contributed by atoms with E-state index in [0.29, 0.717) is 11.9 Å². The first-order valence-corrected chi connectivity index (χ1v) is 8.62. The van der Waals surface area contributed by atoms with Gasteiger partial charge in [-0.1, -0.05) is 31.9 Å². The minimum Gasteiger partial charge on any atom is -0.329 e. The molecule has 0 saturated heterocycles. The Labute approximate surface area is 137 Å². The minimum absolute atomic E-state index is 0. The van der Waals surface area contributed by atoms with Gasteiger partial charge in [0.25, 0.3) is 0 Å². The summed E-state index contributed by atoms with van der Waals surface area (Å²) in [5.74, 6) is 0. The molecule has 122 valence electrons. The van der Waals surface area contributed by atoms with Crippen molar-refractivity contribution in [1.82, 2.24) is 9.71 Å². The fourth-order valence-electron chi connectivity index (χ4n) is 2.29. The lowest BCUT2D eigenvalue weighted by molar-refractivity contribution is 0.517. The van der Waals surface area contributed by atoms with Crippen molar-refractivity contribution in [2.75, 3.05) is 6.54 Å². The number of hydrogen-bond donors (Lipinski definition) is 2. The molecule has 0 fully saturated rings. The van der Waals surface area contributed by atoms with Gasteiger partial charge in [0, 0.05) is 35.8 Å². The number of unbranched alkanes of at least 4 members (excludes halogenated alkanes) is 1. The summed E-state index contributed by atoms with van der Waals surface area (Å²) in [6.45, 7) is 2.37. The quantitative estimate of drug-likeness (QED) is 0.808. The van der Waals surface area contributed by atoms with E-state index in [9.17, 15) is 8.42 Å². The number of nitrogens with zero attached hydrogens (tertiary/aromatic N) is 1. The Morgan fingerprint density at radius 1 is 1.32 bits per heavy atom. The Morgan fingerprint density at radius 3 is 2.77 bits per heavy atom. The molecule has 0 aliphatic heterocycles. The normalized spacial score (nSPS) is 12.8. The van der Waals surface area contributed by atoms with E-state index in [2.05, 4.69) is 16.6 Å². The van der Waals surface area contributed by atoms with Crippen LogP contribution in [0, 0.1) is 0 Å². The van der Waals surface area contributed by atoms with Crippen LogP contribution in [0.3, 0.4) is 0 Å². The van der Waals surface area contributed by atoms with E-state index in [1.165, 1.54) is 0 Å². The number of hydrogen-bond acceptors (Lipinski definition) is 4. The summed E-state index contributed by atoms with van der Waals surface area (Å²) < 4.78 is 27.9. The molecule has 2 aromatic rings. The van der Waals surface area contributed by atoms with Crippen LogP contribution in [0.1, 0.15) is 26.2 Å². The van der Waals surface area contributed by atoms with Gasteiger partial charge in [-0.25, -0.2) is 13.1 Å². The van der Waals surface area contributed by atoms with E-state index < -0.39 is 10.0 Å². The Kier molecular flexibility index (Phi) is 7.22. The van der Waals surface area contributed by atoms with Crippen molar-refractivity contribution in [3.05, 3.63) is 36.7 Å². The highest BCUT2D eigenvalue weighted by atomic mass is 35.5. The van der Waals surface area contributed by atoms with Crippen molar-refractivity contribution in [1.29, 1.82) is 0 Å². The van der Waals surface area contributed by atoms with Crippen LogP contribution in [0.15, 0.2) is 41.6 Å². The summed E-state index contributed by atoms with van der Waals surface area (Å²) in [5.41, 5.74) is 5.67. The van der Waals surface area contributed by atoms with Gasteiger partial charge >= 0.3 is 0 Å². The van der Waals surface area contributed by atoms with Gasteiger partial charge in [-0.05, 0) is 18.6 Å². The van der Waals surface area contributed by atoms with Gasteiger partial charge in [-0.2, -0.15) is 0 Å². The summed E-state index contributed by atoms with van der Waals surface area (Å²) in [6.07, 6.45) is 5.96. The van der Waals surface area contributed by atoms with Crippen molar-refractivity contribution in [3.63, 3.8) is 0 Å². The molecule has 1 aromatic heterocycles. The predicted molar refractivity (Wildman–Crippen MR) is 91.7 cm³/mol. The van der Waals surface area contributed by atoms with Crippen LogP contribution in [0.2, 0.25) is 0 Å². The van der Waals surface area contributed by atoms with E-state index in [1.54, 1.807) is 30.6 Å². The molecule has 22 heavy (non-hydrogen) atoms. The highest BCUT2D eigenvalue weighted by Crippen LogP contribution is 2.22. The van der Waals surface area contributed by atoms with Gasteiger partial charge in [0.15, 0.2) is 0 Å². The van der Waals surface area contributed by atoms with Crippen LogP contribution < -0.4 is 10.5 Å². The number of halogens is 1. The van der Waals surface area contributed by atoms with Crippen molar-refractivity contribution in [2.45, 2.75) is 37.1 Å². The number of benzene rings is 1. The highest BCUT2D eigenvalue weighted by Gasteiger charge is 2.20. The van der Waals surface area contributed by atoms with Crippen molar-refractivity contribution in [2.24, 2.45) is 5.73 Å². The van der Waals surface area contributed by atoms with Crippen LogP contribution in [-0.4, -0.2) is 26.0 Å². The fraction of sp³-hybridized carbons (Fsp3) is 0.400. The van der Waals surface area contributed by atoms with Gasteiger partial charge in [-0.3, -0.25) is 4.98 Å². The standard InChI is InChI=1S/C15H21N3O2S.ClH/c1-2-3-6-13(10-16)18-21(19,20)15-7-4-5-12-11-17-9-8-14(12)15;/h4-5,7-9,11,13,18H,2-3,6,10,16H2,1H3;1H. The van der Waals surface area contributed by atoms with Crippen molar-refractivity contribution in [3.8, 4) is 0 Å². The van der Waals surface area contributed by atoms with Crippen LogP contribution in [0.25, 0.3) is 10.8 Å². The first-order valence-electron chi connectivity index (χ1n) is 7.13. The van der Waals surface area contributed by atoms with Crippen LogP contribution >= 0.6 is 12.4 Å². The maximum atomic E-state index is 12.6. The summed E-state index contributed by atoms with van der Waals surface area (Å²) >= 11 is 0. The van der Waals surface area contributed by atoms with Crippen LogP contribution in [0.4, 0.5) is 0 Å². The summed E-state index contributed by atoms with van der Waals surface area (Å²) in [5, 5.41) is 1.48. The van der Waals surface area contributed by atoms with E-state index in [1.807, 2.05) is 6.07 Å². The topological polar surface area (TPSA) is 85.1 Å². The lowest BCUT2D eigenvalue weighted by atomic mass is 10.1. The zero-order chi connectivity index (χ0) is 15.3. The molecule has 0 amide bonds. The maximum Gasteiger partial charge on any atom is 0.241 e. The molecule has 0 saturated carbocycles. The number of fused-ring (bicyclic) bond motifs is 1. The van der Waals surface area contributed by atoms with E-state index in [0.717, 1.165) is 24.6 Å². The van der Waals surface area contributed by atoms with Gasteiger partial charge in [0.05, 0.1) is 4.90 Å². The second-order valence-corrected chi connectivity index (χ2v) is 6.73. The molecule has 2 rings (SSSR count). The third-order valence-corrected chi connectivity index (χ3v) is 5.02. The second kappa shape index (κ2) is 8.43. The van der Waals surface area contributed by atoms with Gasteiger partial charge in [0.2, 0.25) is 10.0 Å². The number of nitrogens with one attached hydrogen (secondary N) is 1. The summed E-state index contributed by atoms with van der Waals surface area (Å²) in [4.78, 5) is 4.29. The second-order valence-electron chi connectivity index (χ2n) is 5.05. The van der Waals surface area contributed by atoms with E-state index in [-0.39, 0.29) is 23.3 Å². The Balaban J connectivity index is 0.00000242. The molecule has 0 radical (unpaired) electrons. The van der Waals surface area contributed by atoms with Gasteiger partial charge < -0.3 is 5.73 Å². The molecule has 1 heterocycles. The first-order chi connectivity index (χ1) is 10.1. The molecular formula is C15H22ClN3O2S. The molecular weight excluding hydrogens is 322 g/mol. The van der Waals surface area contributed by atoms with E-state index in [4.69, 9.17) is 5.73 Å². The molecule has 1 unspecified atom stereocenters. The van der Waals surface area contributed by atoms with Crippen molar-refractivity contribution >= 4 is 33.2 Å². The van der Waals surface area contributed by atoms with E-state index >= 15 is 0 Å². The molecule has 0 bridgehead atoms. The highest BCUT2D eigenvalue weighted by molar-refractivity contribution is 7.89. The molecule has 1 aromatic carbocycles. The smallest absolute Gasteiger partial charge is 0.241 e. The number of rotatable bonds is 7. The average molecular weight is 344 g/mol. The Morgan fingerprint density at radius 2 is 2.09 bits per heavy atom. The Bertz CT molecular complexity index is 702. The molecule has 7 heteroatoms. The van der Waals surface area contributed by atoms with Crippen molar-refractivity contribution < 1.29 is 8.42 Å². The minimum atomic E-state index is -3.59. The Hall–Kier alpha value is -1.21. The van der Waals surface area contributed by atoms with Gasteiger partial charge in [0.1, 0.15) is 0 Å². The van der Waals surface area contributed by atoms with Crippen LogP contribution in [-0.2, 0) is 10.0 Å². The molecule has 5 nitrogen and oxygen atoms in total. The molecule has 0 spiro atoms. The number of nitrogens with two attached hydrogens (primary N) is 1. The third-order valence-electron chi connectivity index (χ3n) is 3.44. The zero-order valence-corrected chi connectivity index (χ0v) is 14.2. The lowest BCUT2D eigenvalue weighted by Crippen LogP contribution is -2.40. The largest absolute Gasteiger partial charge is 0.329 e. The molecule has 0 aliphatic carbocycles. The van der Waals surface area contributed by atoms with Gasteiger partial charge in [-0.15, -0.1) is 12.4 Å². The summed E-state index contributed by atoms with van der Waals surface area (Å²) in [7, 11) is -3.59. The monoisotopic (exact) mass is 343 g/mol. The maximum absolute atomic E-state index is 12.6. The average Bonchev–Trinajstić information content (AvgIpc) is 2.50. The first kappa shape index (κ1) is 18.8. The zero-order valence-electron chi connectivity index (χ0n) is 12.5. The molecule has 3 N–H and O–H groups in total. The summed E-state index contributed by atoms with van der Waals surface area (Å²) in [6, 6.07) is 6.67. The number of sulfonamides is 1. The molecule has 0 aliphatic rings. The predicted octanol–water partition coefficient (Wildman–Crippen LogP) is 2.45.